The summed E-state index contributed by atoms with van der Waals surface area (Å²) in [6, 6.07) is 16.3. The Labute approximate surface area is 308 Å². The standard InChI is InChI=1S/C26H22NOS2.C15H28O2.Ir/c1-6-29-22-9-7-16(14-19(22)26(3,4)5)24-23-17-8-10-21-18(13-15(2)30-21)25(17)28-20(23)11-12-27-24;1-7-14(5,8-2)12(16)11-13(17)15(6,9-3)10-4;/h6,8-14H,1H2,2-5H3;11,16H,7-10H2,1-6H3;/q-1;;/b;12-11-;. The minimum atomic E-state index is -0.337. The van der Waals surface area contributed by atoms with E-state index >= 15 is 0 Å². The fraction of sp³-hybridized carbons (Fsp3) is 0.415. The number of aliphatic hydroxyl groups excluding tert-OH is 1. The molecule has 1 radical (unpaired) electrons. The quantitative estimate of drug-likeness (QED) is 0.0656. The Kier molecular flexibility index (Phi) is 13.2. The summed E-state index contributed by atoms with van der Waals surface area (Å²) in [5, 5.41) is 15.3. The van der Waals surface area contributed by atoms with Crippen molar-refractivity contribution in [1.82, 2.24) is 4.98 Å². The van der Waals surface area contributed by atoms with E-state index in [4.69, 9.17) is 9.40 Å². The van der Waals surface area contributed by atoms with Crippen molar-refractivity contribution in [3.63, 3.8) is 0 Å². The Bertz CT molecular complexity index is 1930. The summed E-state index contributed by atoms with van der Waals surface area (Å²) in [5.74, 6) is 0.286. The van der Waals surface area contributed by atoms with Crippen molar-refractivity contribution >= 4 is 60.9 Å². The molecule has 0 aliphatic carbocycles. The van der Waals surface area contributed by atoms with Gasteiger partial charge in [-0.2, -0.15) is 11.8 Å². The van der Waals surface area contributed by atoms with Crippen molar-refractivity contribution in [3.05, 3.63) is 82.9 Å². The van der Waals surface area contributed by atoms with Crippen LogP contribution < -0.4 is 0 Å². The molecule has 2 aromatic carbocycles. The molecule has 0 amide bonds. The maximum absolute atomic E-state index is 12.2. The third-order valence-electron chi connectivity index (χ3n) is 9.96. The molecule has 259 valence electrons. The van der Waals surface area contributed by atoms with Gasteiger partial charge in [-0.3, -0.25) is 4.79 Å². The Morgan fingerprint density at radius 2 is 1.65 bits per heavy atom. The molecule has 0 spiro atoms. The van der Waals surface area contributed by atoms with Gasteiger partial charge in [-0.05, 0) is 73.4 Å². The van der Waals surface area contributed by atoms with Gasteiger partial charge in [0.1, 0.15) is 16.9 Å². The second-order valence-corrected chi connectivity index (χ2v) is 16.2. The predicted molar refractivity (Wildman–Crippen MR) is 204 cm³/mol. The fourth-order valence-electron chi connectivity index (χ4n) is 5.70. The van der Waals surface area contributed by atoms with Crippen molar-refractivity contribution in [3.8, 4) is 11.3 Å². The van der Waals surface area contributed by atoms with Crippen LogP contribution in [-0.4, -0.2) is 15.9 Å². The van der Waals surface area contributed by atoms with E-state index in [1.54, 1.807) is 23.1 Å². The first-order valence-electron chi connectivity index (χ1n) is 16.7. The van der Waals surface area contributed by atoms with E-state index < -0.39 is 0 Å². The van der Waals surface area contributed by atoms with E-state index in [0.29, 0.717) is 0 Å². The summed E-state index contributed by atoms with van der Waals surface area (Å²) in [6.07, 6.45) is 6.58. The van der Waals surface area contributed by atoms with Crippen LogP contribution in [0.15, 0.2) is 75.7 Å². The Morgan fingerprint density at radius 3 is 2.23 bits per heavy atom. The topological polar surface area (TPSA) is 63.3 Å². The molecule has 0 saturated carbocycles. The average Bonchev–Trinajstić information content (AvgIpc) is 3.63. The van der Waals surface area contributed by atoms with Crippen LogP contribution in [0.3, 0.4) is 0 Å². The number of ketones is 1. The molecule has 0 atom stereocenters. The Balaban J connectivity index is 0.000000301. The van der Waals surface area contributed by atoms with E-state index in [1.807, 2.05) is 59.2 Å². The number of hydrogen-bond acceptors (Lipinski definition) is 6. The summed E-state index contributed by atoms with van der Waals surface area (Å²) in [5.41, 5.74) is 4.37. The zero-order chi connectivity index (χ0) is 34.7. The fourth-order valence-corrected chi connectivity index (χ4v) is 7.42. The normalized spacial score (nSPS) is 12.6. The molecule has 5 aromatic rings. The molecule has 0 aliphatic rings. The van der Waals surface area contributed by atoms with Crippen molar-refractivity contribution in [2.24, 2.45) is 10.8 Å². The van der Waals surface area contributed by atoms with E-state index in [-0.39, 0.29) is 47.9 Å². The molecular formula is C41H50IrNO3S2-. The molecule has 48 heavy (non-hydrogen) atoms. The predicted octanol–water partition coefficient (Wildman–Crippen LogP) is 13.2. The molecule has 0 bridgehead atoms. The third-order valence-corrected chi connectivity index (χ3v) is 11.7. The average molecular weight is 861 g/mol. The number of carbonyl (C=O) groups excluding carboxylic acids is 1. The molecular weight excluding hydrogens is 811 g/mol. The summed E-state index contributed by atoms with van der Waals surface area (Å²) >= 11 is 3.44. The summed E-state index contributed by atoms with van der Waals surface area (Å²) in [4.78, 5) is 19.4. The number of carbonyl (C=O) groups is 1. The molecule has 0 saturated heterocycles. The van der Waals surface area contributed by atoms with Crippen LogP contribution >= 0.6 is 23.1 Å². The second-order valence-electron chi connectivity index (χ2n) is 13.9. The Hall–Kier alpha value is -2.70. The number of thiophene rings is 1. The number of pyridine rings is 1. The number of hydrogen-bond donors (Lipinski definition) is 1. The van der Waals surface area contributed by atoms with Crippen LogP contribution in [0.4, 0.5) is 0 Å². The van der Waals surface area contributed by atoms with Crippen LogP contribution in [-0.2, 0) is 30.3 Å². The first-order chi connectivity index (χ1) is 22.2. The summed E-state index contributed by atoms with van der Waals surface area (Å²) in [6.45, 7) is 24.8. The van der Waals surface area contributed by atoms with Gasteiger partial charge in [0.2, 0.25) is 0 Å². The molecule has 3 heterocycles. The van der Waals surface area contributed by atoms with Gasteiger partial charge in [0.15, 0.2) is 5.78 Å². The van der Waals surface area contributed by atoms with Crippen molar-refractivity contribution in [2.45, 2.75) is 105 Å². The van der Waals surface area contributed by atoms with Gasteiger partial charge in [-0.15, -0.1) is 40.7 Å². The number of benzene rings is 2. The number of nitrogens with zero attached hydrogens (tertiary/aromatic N) is 1. The number of aliphatic hydroxyl groups is 1. The number of thioether (sulfide) groups is 1. The number of fused-ring (bicyclic) bond motifs is 5. The molecule has 3 aromatic heterocycles. The third kappa shape index (κ3) is 8.02. The number of aryl methyl sites for hydroxylation is 1. The molecule has 7 heteroatoms. The van der Waals surface area contributed by atoms with Crippen molar-refractivity contribution in [2.75, 3.05) is 0 Å². The monoisotopic (exact) mass is 861 g/mol. The molecule has 4 nitrogen and oxygen atoms in total. The molecule has 5 rings (SSSR count). The molecule has 1 N–H and O–H groups in total. The first-order valence-corrected chi connectivity index (χ1v) is 18.4. The van der Waals surface area contributed by atoms with E-state index in [0.717, 1.165) is 58.9 Å². The molecule has 0 fully saturated rings. The minimum absolute atomic E-state index is 0. The number of allylic oxidation sites excluding steroid dienone is 2. The molecule has 0 aliphatic heterocycles. The Morgan fingerprint density at radius 1 is 1.00 bits per heavy atom. The first kappa shape index (κ1) is 39.7. The molecule has 0 unspecified atom stereocenters. The second kappa shape index (κ2) is 15.9. The van der Waals surface area contributed by atoms with E-state index in [1.165, 1.54) is 31.5 Å². The van der Waals surface area contributed by atoms with Gasteiger partial charge < -0.3 is 14.5 Å². The van der Waals surface area contributed by atoms with E-state index in [9.17, 15) is 9.90 Å². The SMILES string of the molecule is C=CSc1c[c-]c(-c2nccc3oc4c5cc(C)sc5ccc4c23)cc1C(C)(C)C.CCC(C)(CC)C(=O)/C=C(\O)C(C)(CC)CC.[Ir]. The minimum Gasteiger partial charge on any atom is -0.512 e. The van der Waals surface area contributed by atoms with Crippen molar-refractivity contribution in [1.29, 1.82) is 0 Å². The summed E-state index contributed by atoms with van der Waals surface area (Å²) in [7, 11) is 0. The maximum Gasteiger partial charge on any atom is 0.164 e. The van der Waals surface area contributed by atoms with Gasteiger partial charge in [-0.25, -0.2) is 0 Å². The van der Waals surface area contributed by atoms with Gasteiger partial charge in [0.25, 0.3) is 0 Å². The van der Waals surface area contributed by atoms with Crippen LogP contribution in [0.1, 0.15) is 98.4 Å². The van der Waals surface area contributed by atoms with Crippen molar-refractivity contribution < 1.29 is 34.4 Å². The van der Waals surface area contributed by atoms with Crippen LogP contribution in [0, 0.1) is 23.8 Å². The van der Waals surface area contributed by atoms with Crippen LogP contribution in [0.2, 0.25) is 0 Å². The smallest absolute Gasteiger partial charge is 0.164 e. The number of furan rings is 1. The zero-order valence-corrected chi connectivity index (χ0v) is 34.1. The van der Waals surface area contributed by atoms with Gasteiger partial charge >= 0.3 is 0 Å². The zero-order valence-electron chi connectivity index (χ0n) is 30.1. The largest absolute Gasteiger partial charge is 0.512 e. The van der Waals surface area contributed by atoms with Gasteiger partial charge in [0.05, 0.1) is 0 Å². The maximum atomic E-state index is 12.2. The number of rotatable bonds is 10. The van der Waals surface area contributed by atoms with Gasteiger partial charge in [0, 0.05) is 68.9 Å². The van der Waals surface area contributed by atoms with Gasteiger partial charge in [-0.1, -0.05) is 73.8 Å². The summed E-state index contributed by atoms with van der Waals surface area (Å²) < 4.78 is 7.59. The van der Waals surface area contributed by atoms with Crippen LogP contribution in [0.25, 0.3) is 43.3 Å². The van der Waals surface area contributed by atoms with Crippen LogP contribution in [0.5, 0.6) is 0 Å². The number of aromatic nitrogens is 1. The van der Waals surface area contributed by atoms with E-state index in [2.05, 4.69) is 70.7 Å².